The number of nitrogens with zero attached hydrogens (tertiary/aromatic N) is 3. The molecule has 1 aromatic heterocycles. The minimum atomic E-state index is -3.47. The first kappa shape index (κ1) is 16.8. The Morgan fingerprint density at radius 1 is 1.43 bits per heavy atom. The summed E-state index contributed by atoms with van der Waals surface area (Å²) in [4.78, 5) is 0.250. The first-order valence-corrected chi connectivity index (χ1v) is 9.30. The van der Waals surface area contributed by atoms with Crippen LogP contribution in [0.15, 0.2) is 17.3 Å². The van der Waals surface area contributed by atoms with Crippen LogP contribution in [0, 0.1) is 5.41 Å². The van der Waals surface area contributed by atoms with E-state index in [0.717, 1.165) is 25.7 Å². The summed E-state index contributed by atoms with van der Waals surface area (Å²) >= 11 is 5.65. The summed E-state index contributed by atoms with van der Waals surface area (Å²) in [5.74, 6) is 0.411. The van der Waals surface area contributed by atoms with Crippen molar-refractivity contribution in [1.82, 2.24) is 14.1 Å². The molecule has 0 saturated heterocycles. The van der Waals surface area contributed by atoms with Gasteiger partial charge in [0.25, 0.3) is 0 Å². The molecule has 0 spiro atoms. The fraction of sp³-hybridized carbons (Fsp3) is 0.786. The molecule has 0 aromatic carbocycles. The third-order valence-corrected chi connectivity index (χ3v) is 6.46. The van der Waals surface area contributed by atoms with Crippen LogP contribution in [-0.4, -0.2) is 41.5 Å². The lowest BCUT2D eigenvalue weighted by molar-refractivity contribution is 0.174. The molecule has 5 nitrogen and oxygen atoms in total. The zero-order chi connectivity index (χ0) is 15.7. The second-order valence-corrected chi connectivity index (χ2v) is 8.92. The predicted octanol–water partition coefficient (Wildman–Crippen LogP) is 2.71. The maximum absolute atomic E-state index is 12.6. The molecule has 1 aromatic rings. The number of alkyl halides is 1. The Kier molecular flexibility index (Phi) is 5.00. The van der Waals surface area contributed by atoms with E-state index in [9.17, 15) is 8.42 Å². The van der Waals surface area contributed by atoms with E-state index >= 15 is 0 Å². The Balaban J connectivity index is 2.11. The minimum absolute atomic E-state index is 0.0828. The van der Waals surface area contributed by atoms with E-state index in [1.165, 1.54) is 10.5 Å². The van der Waals surface area contributed by atoms with Crippen LogP contribution in [-0.2, 0) is 16.6 Å². The first-order chi connectivity index (χ1) is 9.76. The van der Waals surface area contributed by atoms with Crippen molar-refractivity contribution in [2.75, 3.05) is 12.9 Å². The van der Waals surface area contributed by atoms with Crippen molar-refractivity contribution in [2.24, 2.45) is 5.41 Å². The van der Waals surface area contributed by atoms with E-state index in [2.05, 4.69) is 18.9 Å². The van der Waals surface area contributed by atoms with Gasteiger partial charge in [0, 0.05) is 25.2 Å². The summed E-state index contributed by atoms with van der Waals surface area (Å²) in [5.41, 5.74) is 0.326. The Hall–Kier alpha value is -0.590. The number of rotatable bonds is 5. The summed E-state index contributed by atoms with van der Waals surface area (Å²) in [6.07, 6.45) is 6.91. The largest absolute Gasteiger partial charge is 0.270 e. The molecule has 1 saturated carbocycles. The van der Waals surface area contributed by atoms with Crippen molar-refractivity contribution < 1.29 is 8.42 Å². The molecule has 0 amide bonds. The molecule has 0 aliphatic heterocycles. The Morgan fingerprint density at radius 2 is 2.05 bits per heavy atom. The molecule has 1 heterocycles. The average Bonchev–Trinajstić information content (AvgIpc) is 2.88. The Bertz CT molecular complexity index is 573. The third-order valence-electron chi connectivity index (χ3n) is 4.42. The molecule has 7 heteroatoms. The van der Waals surface area contributed by atoms with Crippen LogP contribution in [0.3, 0.4) is 0 Å². The van der Waals surface area contributed by atoms with Gasteiger partial charge in [-0.05, 0) is 31.1 Å². The number of hydrogen-bond donors (Lipinski definition) is 0. The molecule has 1 aliphatic rings. The zero-order valence-corrected chi connectivity index (χ0v) is 14.5. The second-order valence-electron chi connectivity index (χ2n) is 6.54. The van der Waals surface area contributed by atoms with E-state index in [-0.39, 0.29) is 10.9 Å². The SMILES string of the molecule is CN(C1CCC(C)(C)CC1)S(=O)(=O)c1cnn(CCCl)c1. The lowest BCUT2D eigenvalue weighted by Gasteiger charge is -2.37. The molecular weight excluding hydrogens is 310 g/mol. The van der Waals surface area contributed by atoms with Crippen LogP contribution < -0.4 is 0 Å². The average molecular weight is 334 g/mol. The molecular formula is C14H24ClN3O2S. The second kappa shape index (κ2) is 6.26. The Labute approximate surface area is 132 Å². The summed E-state index contributed by atoms with van der Waals surface area (Å²) in [6, 6.07) is 0.0828. The van der Waals surface area contributed by atoms with Crippen LogP contribution in [0.5, 0.6) is 0 Å². The van der Waals surface area contributed by atoms with Crippen LogP contribution in [0.2, 0.25) is 0 Å². The summed E-state index contributed by atoms with van der Waals surface area (Å²) < 4.78 is 28.4. The monoisotopic (exact) mass is 333 g/mol. The highest BCUT2D eigenvalue weighted by Gasteiger charge is 2.34. The molecule has 0 atom stereocenters. The minimum Gasteiger partial charge on any atom is -0.270 e. The number of sulfonamides is 1. The lowest BCUT2D eigenvalue weighted by Crippen LogP contribution is -2.40. The number of hydrogen-bond acceptors (Lipinski definition) is 3. The van der Waals surface area contributed by atoms with Crippen molar-refractivity contribution in [1.29, 1.82) is 0 Å². The first-order valence-electron chi connectivity index (χ1n) is 7.33. The van der Waals surface area contributed by atoms with Gasteiger partial charge in [-0.25, -0.2) is 8.42 Å². The van der Waals surface area contributed by atoms with Gasteiger partial charge in [-0.15, -0.1) is 11.6 Å². The molecule has 1 aliphatic carbocycles. The van der Waals surface area contributed by atoms with E-state index in [1.54, 1.807) is 17.9 Å². The van der Waals surface area contributed by atoms with Gasteiger partial charge < -0.3 is 0 Å². The highest BCUT2D eigenvalue weighted by atomic mass is 35.5. The standard InChI is InChI=1S/C14H24ClN3O2S/c1-14(2)6-4-12(5-7-14)17(3)21(19,20)13-10-16-18(11-13)9-8-15/h10-12H,4-9H2,1-3H3. The van der Waals surface area contributed by atoms with Crippen molar-refractivity contribution in [2.45, 2.75) is 57.0 Å². The van der Waals surface area contributed by atoms with Crippen LogP contribution in [0.1, 0.15) is 39.5 Å². The van der Waals surface area contributed by atoms with Gasteiger partial charge in [-0.2, -0.15) is 9.40 Å². The quantitative estimate of drug-likeness (QED) is 0.778. The van der Waals surface area contributed by atoms with E-state index in [0.29, 0.717) is 17.8 Å². The fourth-order valence-electron chi connectivity index (χ4n) is 2.80. The van der Waals surface area contributed by atoms with Crippen molar-refractivity contribution in [3.8, 4) is 0 Å². The highest BCUT2D eigenvalue weighted by Crippen LogP contribution is 2.37. The predicted molar refractivity (Wildman–Crippen MR) is 83.9 cm³/mol. The van der Waals surface area contributed by atoms with Gasteiger partial charge in [-0.3, -0.25) is 4.68 Å². The van der Waals surface area contributed by atoms with Gasteiger partial charge >= 0.3 is 0 Å². The van der Waals surface area contributed by atoms with Crippen LogP contribution in [0.4, 0.5) is 0 Å². The maximum Gasteiger partial charge on any atom is 0.246 e. The normalized spacial score (nSPS) is 20.0. The number of halogens is 1. The molecule has 120 valence electrons. The summed E-state index contributed by atoms with van der Waals surface area (Å²) in [6.45, 7) is 5.00. The van der Waals surface area contributed by atoms with Gasteiger partial charge in [0.2, 0.25) is 10.0 Å². The van der Waals surface area contributed by atoms with E-state index < -0.39 is 10.0 Å². The maximum atomic E-state index is 12.6. The lowest BCUT2D eigenvalue weighted by atomic mass is 9.76. The van der Waals surface area contributed by atoms with Gasteiger partial charge in [0.1, 0.15) is 4.90 Å². The highest BCUT2D eigenvalue weighted by molar-refractivity contribution is 7.89. The Morgan fingerprint density at radius 3 is 2.62 bits per heavy atom. The van der Waals surface area contributed by atoms with Gasteiger partial charge in [0.05, 0.1) is 12.7 Å². The van der Waals surface area contributed by atoms with Gasteiger partial charge in [0.15, 0.2) is 0 Å². The number of aryl methyl sites for hydroxylation is 1. The molecule has 0 bridgehead atoms. The summed E-state index contributed by atoms with van der Waals surface area (Å²) in [5, 5.41) is 4.05. The molecule has 21 heavy (non-hydrogen) atoms. The fourth-order valence-corrected chi connectivity index (χ4v) is 4.34. The zero-order valence-electron chi connectivity index (χ0n) is 12.9. The smallest absolute Gasteiger partial charge is 0.246 e. The molecule has 0 radical (unpaired) electrons. The van der Waals surface area contributed by atoms with Gasteiger partial charge in [-0.1, -0.05) is 13.8 Å². The summed E-state index contributed by atoms with van der Waals surface area (Å²) in [7, 11) is -1.79. The van der Waals surface area contributed by atoms with Crippen molar-refractivity contribution >= 4 is 21.6 Å². The third kappa shape index (κ3) is 3.79. The van der Waals surface area contributed by atoms with Crippen molar-refractivity contribution in [3.05, 3.63) is 12.4 Å². The van der Waals surface area contributed by atoms with Crippen LogP contribution >= 0.6 is 11.6 Å². The topological polar surface area (TPSA) is 55.2 Å². The van der Waals surface area contributed by atoms with Crippen LogP contribution in [0.25, 0.3) is 0 Å². The molecule has 0 N–H and O–H groups in total. The number of aromatic nitrogens is 2. The van der Waals surface area contributed by atoms with Crippen molar-refractivity contribution in [3.63, 3.8) is 0 Å². The molecule has 2 rings (SSSR count). The van der Waals surface area contributed by atoms with E-state index in [4.69, 9.17) is 11.6 Å². The molecule has 0 unspecified atom stereocenters. The van der Waals surface area contributed by atoms with E-state index in [1.807, 2.05) is 0 Å². The molecule has 1 fully saturated rings.